The molecule has 5 nitrogen and oxygen atoms in total. The molecular weight excluding hydrogens is 238 g/mol. The van der Waals surface area contributed by atoms with Crippen molar-refractivity contribution in [1.82, 2.24) is 9.38 Å². The lowest BCUT2D eigenvalue weighted by atomic mass is 10.1. The maximum absolute atomic E-state index is 10.7. The highest BCUT2D eigenvalue weighted by atomic mass is 32.1. The van der Waals surface area contributed by atoms with Gasteiger partial charge in [-0.15, -0.1) is 11.3 Å². The first-order chi connectivity index (χ1) is 8.25. The van der Waals surface area contributed by atoms with Crippen LogP contribution >= 0.6 is 11.3 Å². The predicted molar refractivity (Wildman–Crippen MR) is 65.2 cm³/mol. The van der Waals surface area contributed by atoms with E-state index in [1.807, 2.05) is 22.0 Å². The molecule has 3 aromatic rings. The largest absolute Gasteiger partial charge is 0.290 e. The Labute approximate surface area is 100 Å². The molecule has 3 rings (SSSR count). The van der Waals surface area contributed by atoms with Gasteiger partial charge in [-0.05, 0) is 0 Å². The number of hydrogen-bond donors (Lipinski definition) is 0. The maximum atomic E-state index is 10.7. The fourth-order valence-electron chi connectivity index (χ4n) is 1.71. The highest BCUT2D eigenvalue weighted by molar-refractivity contribution is 7.15. The van der Waals surface area contributed by atoms with Crippen LogP contribution in [0.4, 0.5) is 5.69 Å². The van der Waals surface area contributed by atoms with E-state index in [9.17, 15) is 10.1 Å². The van der Waals surface area contributed by atoms with Gasteiger partial charge in [0, 0.05) is 35.5 Å². The SMILES string of the molecule is O=[N+]([O-])c1cccc(-c2csc3nccn23)c1. The molecular formula is C11H7N3O2S. The number of fused-ring (bicyclic) bond motifs is 1. The normalized spacial score (nSPS) is 10.8. The molecule has 0 saturated heterocycles. The summed E-state index contributed by atoms with van der Waals surface area (Å²) < 4.78 is 1.92. The quantitative estimate of drug-likeness (QED) is 0.515. The lowest BCUT2D eigenvalue weighted by molar-refractivity contribution is -0.384. The molecule has 6 heteroatoms. The van der Waals surface area contributed by atoms with Gasteiger partial charge in [-0.2, -0.15) is 0 Å². The van der Waals surface area contributed by atoms with Crippen LogP contribution in [0.1, 0.15) is 0 Å². The third-order valence-electron chi connectivity index (χ3n) is 2.50. The molecule has 0 saturated carbocycles. The first-order valence-corrected chi connectivity index (χ1v) is 5.79. The first-order valence-electron chi connectivity index (χ1n) is 4.91. The smallest absolute Gasteiger partial charge is 0.270 e. The summed E-state index contributed by atoms with van der Waals surface area (Å²) in [5, 5.41) is 12.7. The Balaban J connectivity index is 2.19. The van der Waals surface area contributed by atoms with Gasteiger partial charge < -0.3 is 0 Å². The van der Waals surface area contributed by atoms with Crippen LogP contribution in [0.2, 0.25) is 0 Å². The lowest BCUT2D eigenvalue weighted by Gasteiger charge is -1.99. The van der Waals surface area contributed by atoms with E-state index in [2.05, 4.69) is 4.98 Å². The second-order valence-electron chi connectivity index (χ2n) is 3.51. The molecule has 0 aliphatic heterocycles. The fourth-order valence-corrected chi connectivity index (χ4v) is 2.57. The predicted octanol–water partition coefficient (Wildman–Crippen LogP) is 2.97. The van der Waals surface area contributed by atoms with Gasteiger partial charge in [0.1, 0.15) is 0 Å². The second kappa shape index (κ2) is 3.67. The number of imidazole rings is 1. The summed E-state index contributed by atoms with van der Waals surface area (Å²) in [6.07, 6.45) is 3.56. The third kappa shape index (κ3) is 1.58. The Morgan fingerprint density at radius 3 is 3.12 bits per heavy atom. The van der Waals surface area contributed by atoms with Crippen LogP contribution in [0, 0.1) is 10.1 Å². The molecule has 2 heterocycles. The standard InChI is InChI=1S/C11H7N3O2S/c15-14(16)9-3-1-2-8(6-9)10-7-17-11-12-4-5-13(10)11/h1-7H. The molecule has 0 bridgehead atoms. The van der Waals surface area contributed by atoms with Gasteiger partial charge >= 0.3 is 0 Å². The van der Waals surface area contributed by atoms with Gasteiger partial charge in [0.05, 0.1) is 10.6 Å². The molecule has 0 atom stereocenters. The number of thiazole rings is 1. The highest BCUT2D eigenvalue weighted by Gasteiger charge is 2.10. The molecule has 0 spiro atoms. The van der Waals surface area contributed by atoms with E-state index in [4.69, 9.17) is 0 Å². The first kappa shape index (κ1) is 9.98. The van der Waals surface area contributed by atoms with Crippen molar-refractivity contribution in [1.29, 1.82) is 0 Å². The zero-order valence-corrected chi connectivity index (χ0v) is 9.42. The van der Waals surface area contributed by atoms with Crippen LogP contribution < -0.4 is 0 Å². The summed E-state index contributed by atoms with van der Waals surface area (Å²) in [6, 6.07) is 6.60. The summed E-state index contributed by atoms with van der Waals surface area (Å²) in [5.74, 6) is 0. The zero-order valence-electron chi connectivity index (χ0n) is 8.61. The monoisotopic (exact) mass is 245 g/mol. The Bertz CT molecular complexity index is 701. The van der Waals surface area contributed by atoms with E-state index < -0.39 is 0 Å². The number of nitro benzene ring substituents is 1. The number of rotatable bonds is 2. The van der Waals surface area contributed by atoms with Crippen LogP contribution in [-0.2, 0) is 0 Å². The Morgan fingerprint density at radius 2 is 2.29 bits per heavy atom. The molecule has 2 aromatic heterocycles. The third-order valence-corrected chi connectivity index (χ3v) is 3.35. The van der Waals surface area contributed by atoms with Gasteiger partial charge in [-0.25, -0.2) is 4.98 Å². The number of nitrogens with zero attached hydrogens (tertiary/aromatic N) is 3. The van der Waals surface area contributed by atoms with Crippen molar-refractivity contribution in [2.75, 3.05) is 0 Å². The van der Waals surface area contributed by atoms with E-state index >= 15 is 0 Å². The van der Waals surface area contributed by atoms with Crippen molar-refractivity contribution >= 4 is 22.0 Å². The fraction of sp³-hybridized carbons (Fsp3) is 0. The van der Waals surface area contributed by atoms with Crippen molar-refractivity contribution in [2.24, 2.45) is 0 Å². The average Bonchev–Trinajstić information content (AvgIpc) is 2.90. The molecule has 0 aliphatic rings. The van der Waals surface area contributed by atoms with Crippen LogP contribution in [0.5, 0.6) is 0 Å². The van der Waals surface area contributed by atoms with Gasteiger partial charge in [-0.1, -0.05) is 12.1 Å². The van der Waals surface area contributed by atoms with Gasteiger partial charge in [0.2, 0.25) is 0 Å². The molecule has 17 heavy (non-hydrogen) atoms. The molecule has 0 amide bonds. The number of nitro groups is 1. The van der Waals surface area contributed by atoms with Crippen LogP contribution in [0.3, 0.4) is 0 Å². The molecule has 0 N–H and O–H groups in total. The summed E-state index contributed by atoms with van der Waals surface area (Å²) >= 11 is 1.51. The van der Waals surface area contributed by atoms with Gasteiger partial charge in [0.15, 0.2) is 4.96 Å². The molecule has 0 radical (unpaired) electrons. The molecule has 0 fully saturated rings. The van der Waals surface area contributed by atoms with E-state index in [1.54, 1.807) is 18.3 Å². The van der Waals surface area contributed by atoms with E-state index in [0.717, 1.165) is 16.2 Å². The Hall–Kier alpha value is -2.21. The Morgan fingerprint density at radius 1 is 1.41 bits per heavy atom. The summed E-state index contributed by atoms with van der Waals surface area (Å²) in [7, 11) is 0. The second-order valence-corrected chi connectivity index (χ2v) is 4.34. The van der Waals surface area contributed by atoms with E-state index in [-0.39, 0.29) is 10.6 Å². The number of benzene rings is 1. The van der Waals surface area contributed by atoms with Crippen molar-refractivity contribution < 1.29 is 4.92 Å². The van der Waals surface area contributed by atoms with E-state index in [0.29, 0.717) is 0 Å². The van der Waals surface area contributed by atoms with Crippen molar-refractivity contribution in [2.45, 2.75) is 0 Å². The van der Waals surface area contributed by atoms with Crippen molar-refractivity contribution in [3.8, 4) is 11.3 Å². The molecule has 0 unspecified atom stereocenters. The summed E-state index contributed by atoms with van der Waals surface area (Å²) in [4.78, 5) is 15.4. The van der Waals surface area contributed by atoms with Crippen molar-refractivity contribution in [3.05, 3.63) is 52.2 Å². The Kier molecular flexibility index (Phi) is 2.15. The molecule has 84 valence electrons. The molecule has 1 aromatic carbocycles. The highest BCUT2D eigenvalue weighted by Crippen LogP contribution is 2.27. The van der Waals surface area contributed by atoms with Crippen LogP contribution in [0.25, 0.3) is 16.2 Å². The minimum Gasteiger partial charge on any atom is -0.290 e. The topological polar surface area (TPSA) is 60.4 Å². The number of aromatic nitrogens is 2. The lowest BCUT2D eigenvalue weighted by Crippen LogP contribution is -1.89. The average molecular weight is 245 g/mol. The minimum absolute atomic E-state index is 0.0990. The zero-order chi connectivity index (χ0) is 11.8. The summed E-state index contributed by atoms with van der Waals surface area (Å²) in [5.41, 5.74) is 1.84. The van der Waals surface area contributed by atoms with Gasteiger partial charge in [0.25, 0.3) is 5.69 Å². The van der Waals surface area contributed by atoms with Crippen LogP contribution in [-0.4, -0.2) is 14.3 Å². The summed E-state index contributed by atoms with van der Waals surface area (Å²) in [6.45, 7) is 0. The number of non-ortho nitro benzene ring substituents is 1. The number of hydrogen-bond acceptors (Lipinski definition) is 4. The van der Waals surface area contributed by atoms with Crippen LogP contribution in [0.15, 0.2) is 42.0 Å². The maximum Gasteiger partial charge on any atom is 0.270 e. The minimum atomic E-state index is -0.388. The van der Waals surface area contributed by atoms with E-state index in [1.165, 1.54) is 17.4 Å². The molecule has 0 aliphatic carbocycles. The van der Waals surface area contributed by atoms with Gasteiger partial charge in [-0.3, -0.25) is 14.5 Å². The van der Waals surface area contributed by atoms with Crippen molar-refractivity contribution in [3.63, 3.8) is 0 Å².